The Morgan fingerprint density at radius 1 is 0.946 bits per heavy atom. The highest BCUT2D eigenvalue weighted by atomic mass is 16.5. The average molecular weight is 500 g/mol. The van der Waals surface area contributed by atoms with Crippen molar-refractivity contribution in [2.24, 2.45) is 4.99 Å². The van der Waals surface area contributed by atoms with Crippen LogP contribution in [-0.2, 0) is 11.3 Å². The monoisotopic (exact) mass is 499 g/mol. The summed E-state index contributed by atoms with van der Waals surface area (Å²) in [7, 11) is 0. The predicted molar refractivity (Wildman–Crippen MR) is 147 cm³/mol. The van der Waals surface area contributed by atoms with Crippen molar-refractivity contribution in [3.63, 3.8) is 0 Å². The number of fused-ring (bicyclic) bond motifs is 1. The number of hydrogen-bond donors (Lipinski definition) is 2. The Balaban J connectivity index is 1.56. The Morgan fingerprint density at radius 3 is 2.30 bits per heavy atom. The first-order valence-electron chi connectivity index (χ1n) is 12.8. The summed E-state index contributed by atoms with van der Waals surface area (Å²) in [5.74, 6) is 1.33. The Kier molecular flexibility index (Phi) is 7.73. The van der Waals surface area contributed by atoms with Gasteiger partial charge in [0, 0.05) is 36.7 Å². The summed E-state index contributed by atoms with van der Waals surface area (Å²) in [5.41, 5.74) is 5.02. The number of nitrogens with one attached hydrogen (secondary N) is 1. The molecule has 0 radical (unpaired) electrons. The van der Waals surface area contributed by atoms with Crippen LogP contribution in [0, 0.1) is 0 Å². The third-order valence-corrected chi connectivity index (χ3v) is 6.41. The number of ether oxygens (including phenoxy) is 3. The number of benzene rings is 3. The van der Waals surface area contributed by atoms with E-state index in [-0.39, 0.29) is 5.88 Å². The molecule has 4 aromatic rings. The molecule has 2 N–H and O–H groups in total. The zero-order valence-electron chi connectivity index (χ0n) is 21.4. The summed E-state index contributed by atoms with van der Waals surface area (Å²) < 4.78 is 17.1. The van der Waals surface area contributed by atoms with Gasteiger partial charge in [-0.15, -0.1) is 0 Å². The van der Waals surface area contributed by atoms with Crippen LogP contribution in [0.5, 0.6) is 17.4 Å². The number of nitrogens with zero attached hydrogens (tertiary/aromatic N) is 2. The molecule has 5 rings (SSSR count). The normalized spacial score (nSPS) is 14.7. The summed E-state index contributed by atoms with van der Waals surface area (Å²) in [6.07, 6.45) is 0. The minimum atomic E-state index is 0.0534. The number of H-pyrrole nitrogens is 1. The lowest BCUT2D eigenvalue weighted by Gasteiger charge is -2.26. The highest BCUT2D eigenvalue weighted by molar-refractivity contribution is 6.22. The van der Waals surface area contributed by atoms with Gasteiger partial charge in [0.25, 0.3) is 0 Å². The largest absolute Gasteiger partial charge is 0.494 e. The maximum absolute atomic E-state index is 11.1. The maximum atomic E-state index is 11.1. The standard InChI is InChI=1S/C30H33N3O4/c1-3-36-26-18-24-25(19-27(26)37-4-2)32-30(34)28(24)29(22-8-6-5-7-9-22)31-23-12-10-21(11-13-23)20-33-14-16-35-17-15-33/h5-13,18-19,32,34H,3-4,14-17,20H2,1-2H3. The van der Waals surface area contributed by atoms with Gasteiger partial charge in [-0.25, -0.2) is 4.99 Å². The van der Waals surface area contributed by atoms with E-state index in [1.165, 1.54) is 5.56 Å². The lowest BCUT2D eigenvalue weighted by molar-refractivity contribution is 0.0342. The second-order valence-electron chi connectivity index (χ2n) is 8.94. The molecule has 3 aromatic carbocycles. The van der Waals surface area contributed by atoms with Crippen molar-refractivity contribution >= 4 is 22.3 Å². The van der Waals surface area contributed by atoms with Crippen molar-refractivity contribution in [2.45, 2.75) is 20.4 Å². The molecule has 0 amide bonds. The van der Waals surface area contributed by atoms with Gasteiger partial charge < -0.3 is 24.3 Å². The van der Waals surface area contributed by atoms with E-state index in [9.17, 15) is 5.11 Å². The molecular weight excluding hydrogens is 466 g/mol. The van der Waals surface area contributed by atoms with Crippen LogP contribution < -0.4 is 9.47 Å². The van der Waals surface area contributed by atoms with E-state index in [0.717, 1.165) is 55.0 Å². The van der Waals surface area contributed by atoms with E-state index in [2.05, 4.69) is 22.0 Å². The van der Waals surface area contributed by atoms with Crippen LogP contribution in [0.2, 0.25) is 0 Å². The molecule has 1 aliphatic rings. The molecule has 0 bridgehead atoms. The van der Waals surface area contributed by atoms with Crippen LogP contribution in [0.25, 0.3) is 10.9 Å². The van der Waals surface area contributed by atoms with Crippen molar-refractivity contribution < 1.29 is 19.3 Å². The average Bonchev–Trinajstić information content (AvgIpc) is 3.24. The molecule has 2 heterocycles. The lowest BCUT2D eigenvalue weighted by Crippen LogP contribution is -2.35. The maximum Gasteiger partial charge on any atom is 0.199 e. The van der Waals surface area contributed by atoms with Gasteiger partial charge in [-0.1, -0.05) is 42.5 Å². The Morgan fingerprint density at radius 2 is 1.62 bits per heavy atom. The van der Waals surface area contributed by atoms with Gasteiger partial charge in [-0.3, -0.25) is 4.90 Å². The van der Waals surface area contributed by atoms with Crippen LogP contribution >= 0.6 is 0 Å². The van der Waals surface area contributed by atoms with E-state index >= 15 is 0 Å². The summed E-state index contributed by atoms with van der Waals surface area (Å²) in [6.45, 7) is 9.27. The number of aromatic amines is 1. The minimum absolute atomic E-state index is 0.0534. The van der Waals surface area contributed by atoms with Gasteiger partial charge in [0.15, 0.2) is 17.4 Å². The van der Waals surface area contributed by atoms with Crippen molar-refractivity contribution in [3.8, 4) is 17.4 Å². The number of aromatic nitrogens is 1. The third kappa shape index (κ3) is 5.63. The smallest absolute Gasteiger partial charge is 0.199 e. The van der Waals surface area contributed by atoms with Gasteiger partial charge >= 0.3 is 0 Å². The third-order valence-electron chi connectivity index (χ3n) is 6.41. The topological polar surface area (TPSA) is 79.3 Å². The molecule has 1 fully saturated rings. The van der Waals surface area contributed by atoms with Crippen molar-refractivity contribution in [2.75, 3.05) is 39.5 Å². The fraction of sp³-hybridized carbons (Fsp3) is 0.300. The summed E-state index contributed by atoms with van der Waals surface area (Å²) >= 11 is 0. The lowest BCUT2D eigenvalue weighted by atomic mass is 10.0. The van der Waals surface area contributed by atoms with E-state index < -0.39 is 0 Å². The molecule has 0 saturated carbocycles. The number of aromatic hydroxyl groups is 1. The second kappa shape index (κ2) is 11.5. The summed E-state index contributed by atoms with van der Waals surface area (Å²) in [4.78, 5) is 10.5. The first-order valence-corrected chi connectivity index (χ1v) is 12.8. The van der Waals surface area contributed by atoms with Crippen molar-refractivity contribution in [1.29, 1.82) is 0 Å². The number of aliphatic imine (C=N–C) groups is 1. The first-order chi connectivity index (χ1) is 18.2. The molecule has 1 aliphatic heterocycles. The van der Waals surface area contributed by atoms with E-state index in [1.54, 1.807) is 0 Å². The van der Waals surface area contributed by atoms with Crippen molar-refractivity contribution in [1.82, 2.24) is 9.88 Å². The molecule has 37 heavy (non-hydrogen) atoms. The fourth-order valence-corrected chi connectivity index (χ4v) is 4.65. The fourth-order valence-electron chi connectivity index (χ4n) is 4.65. The van der Waals surface area contributed by atoms with E-state index in [0.29, 0.717) is 36.0 Å². The molecule has 7 heteroatoms. The van der Waals surface area contributed by atoms with Crippen molar-refractivity contribution in [3.05, 3.63) is 83.4 Å². The molecule has 0 atom stereocenters. The molecule has 192 valence electrons. The van der Waals surface area contributed by atoms with Crippen LogP contribution in [0.4, 0.5) is 5.69 Å². The summed E-state index contributed by atoms with van der Waals surface area (Å²) in [6, 6.07) is 22.0. The van der Waals surface area contributed by atoms with Gasteiger partial charge in [-0.05, 0) is 37.6 Å². The van der Waals surface area contributed by atoms with Gasteiger partial charge in [0.2, 0.25) is 0 Å². The number of hydrogen-bond acceptors (Lipinski definition) is 6. The van der Waals surface area contributed by atoms with Gasteiger partial charge in [-0.2, -0.15) is 0 Å². The van der Waals surface area contributed by atoms with Crippen LogP contribution in [-0.4, -0.2) is 60.2 Å². The Bertz CT molecular complexity index is 1360. The molecule has 1 saturated heterocycles. The van der Waals surface area contributed by atoms with Crippen LogP contribution in [0.3, 0.4) is 0 Å². The zero-order chi connectivity index (χ0) is 25.6. The van der Waals surface area contributed by atoms with Gasteiger partial charge in [0.05, 0.1) is 48.9 Å². The number of morpholine rings is 1. The molecule has 1 aromatic heterocycles. The van der Waals surface area contributed by atoms with E-state index in [4.69, 9.17) is 19.2 Å². The Hall–Kier alpha value is -3.81. The molecule has 0 spiro atoms. The number of rotatable bonds is 9. The van der Waals surface area contributed by atoms with Gasteiger partial charge in [0.1, 0.15) is 0 Å². The highest BCUT2D eigenvalue weighted by Crippen LogP contribution is 2.38. The molecule has 0 aliphatic carbocycles. The first kappa shape index (κ1) is 24.9. The molecular formula is C30H33N3O4. The Labute approximate surface area is 217 Å². The van der Waals surface area contributed by atoms with E-state index in [1.807, 2.05) is 68.4 Å². The highest BCUT2D eigenvalue weighted by Gasteiger charge is 2.21. The van der Waals surface area contributed by atoms with Crippen LogP contribution in [0.1, 0.15) is 30.5 Å². The quantitative estimate of drug-likeness (QED) is 0.290. The SMILES string of the molecule is CCOc1cc2[nH]c(O)c(C(=Nc3ccc(CN4CCOCC4)cc3)c3ccccc3)c2cc1OCC. The minimum Gasteiger partial charge on any atom is -0.494 e. The molecule has 0 unspecified atom stereocenters. The zero-order valence-corrected chi connectivity index (χ0v) is 21.4. The summed E-state index contributed by atoms with van der Waals surface area (Å²) in [5, 5.41) is 11.9. The second-order valence-corrected chi connectivity index (χ2v) is 8.94. The van der Waals surface area contributed by atoms with Crippen LogP contribution in [0.15, 0.2) is 71.7 Å². The predicted octanol–water partition coefficient (Wildman–Crippen LogP) is 5.67. The molecule has 7 nitrogen and oxygen atoms in total.